The predicted octanol–water partition coefficient (Wildman–Crippen LogP) is 0.802. The fourth-order valence-corrected chi connectivity index (χ4v) is 2.74. The Labute approximate surface area is 113 Å². The highest BCUT2D eigenvalue weighted by Crippen LogP contribution is 2.22. The number of aromatic amines is 1. The zero-order valence-corrected chi connectivity index (χ0v) is 11.1. The van der Waals surface area contributed by atoms with Crippen LogP contribution in [0.3, 0.4) is 0 Å². The Bertz CT molecular complexity index is 426. The van der Waals surface area contributed by atoms with Gasteiger partial charge < -0.3 is 10.6 Å². The summed E-state index contributed by atoms with van der Waals surface area (Å²) in [7, 11) is 0. The van der Waals surface area contributed by atoms with Gasteiger partial charge in [0.1, 0.15) is 0 Å². The van der Waals surface area contributed by atoms with Crippen LogP contribution in [0.1, 0.15) is 41.0 Å². The van der Waals surface area contributed by atoms with Crippen molar-refractivity contribution in [2.24, 2.45) is 0 Å². The van der Waals surface area contributed by atoms with E-state index in [1.807, 2.05) is 0 Å². The molecule has 6 heteroatoms. The van der Waals surface area contributed by atoms with Crippen molar-refractivity contribution in [1.82, 2.24) is 20.8 Å². The number of hydrogen-bond acceptors (Lipinski definition) is 3. The summed E-state index contributed by atoms with van der Waals surface area (Å²) in [6.07, 6.45) is 5.34. The van der Waals surface area contributed by atoms with Crippen LogP contribution in [0.15, 0.2) is 0 Å². The first kappa shape index (κ1) is 13.4. The van der Waals surface area contributed by atoms with E-state index in [0.717, 1.165) is 56.5 Å². The third-order valence-electron chi connectivity index (χ3n) is 3.65. The molecule has 1 amide bonds. The van der Waals surface area contributed by atoms with E-state index in [1.165, 1.54) is 0 Å². The predicted molar refractivity (Wildman–Crippen MR) is 71.2 cm³/mol. The van der Waals surface area contributed by atoms with Gasteiger partial charge in [-0.2, -0.15) is 5.10 Å². The number of aromatic nitrogens is 2. The Morgan fingerprint density at radius 1 is 1.33 bits per heavy atom. The molecule has 0 radical (unpaired) electrons. The van der Waals surface area contributed by atoms with Gasteiger partial charge in [0, 0.05) is 23.8 Å². The van der Waals surface area contributed by atoms with Gasteiger partial charge in [-0.1, -0.05) is 0 Å². The molecule has 1 aliphatic carbocycles. The van der Waals surface area contributed by atoms with Gasteiger partial charge in [-0.05, 0) is 38.6 Å². The Kier molecular flexibility index (Phi) is 4.24. The largest absolute Gasteiger partial charge is 0.347 e. The Balaban J connectivity index is 0.00000120. The van der Waals surface area contributed by atoms with Crippen LogP contribution in [-0.2, 0) is 12.8 Å². The molecule has 1 aliphatic heterocycles. The van der Waals surface area contributed by atoms with E-state index >= 15 is 0 Å². The topological polar surface area (TPSA) is 69.8 Å². The zero-order valence-electron chi connectivity index (χ0n) is 10.3. The molecule has 3 N–H and O–H groups in total. The molecule has 1 aromatic heterocycles. The number of fused-ring (bicyclic) bond motifs is 1. The van der Waals surface area contributed by atoms with Gasteiger partial charge in [0.15, 0.2) is 5.69 Å². The number of nitrogens with one attached hydrogen (secondary N) is 3. The highest BCUT2D eigenvalue weighted by atomic mass is 35.5. The SMILES string of the molecule is Cl.O=C(NC1CCCNC1)c1n[nH]c2c1CCC2. The first-order valence-corrected chi connectivity index (χ1v) is 6.42. The van der Waals surface area contributed by atoms with Crippen molar-refractivity contribution in [2.45, 2.75) is 38.1 Å². The maximum absolute atomic E-state index is 12.1. The summed E-state index contributed by atoms with van der Waals surface area (Å²) in [6.45, 7) is 1.93. The highest BCUT2D eigenvalue weighted by molar-refractivity contribution is 5.94. The molecule has 1 atom stereocenters. The summed E-state index contributed by atoms with van der Waals surface area (Å²) in [5.41, 5.74) is 2.89. The highest BCUT2D eigenvalue weighted by Gasteiger charge is 2.24. The number of amides is 1. The third kappa shape index (κ3) is 2.52. The lowest BCUT2D eigenvalue weighted by atomic mass is 10.1. The van der Waals surface area contributed by atoms with Gasteiger partial charge in [-0.3, -0.25) is 9.89 Å². The molecule has 1 aromatic rings. The molecule has 5 nitrogen and oxygen atoms in total. The lowest BCUT2D eigenvalue weighted by molar-refractivity contribution is 0.0924. The first-order chi connectivity index (χ1) is 8.34. The number of rotatable bonds is 2. The second-order valence-corrected chi connectivity index (χ2v) is 4.90. The maximum atomic E-state index is 12.1. The molecule has 0 saturated carbocycles. The smallest absolute Gasteiger partial charge is 0.272 e. The quantitative estimate of drug-likeness (QED) is 0.745. The number of halogens is 1. The van der Waals surface area contributed by atoms with Crippen molar-refractivity contribution < 1.29 is 4.79 Å². The van der Waals surface area contributed by atoms with Gasteiger partial charge in [0.05, 0.1) is 0 Å². The molecule has 3 rings (SSSR count). The van der Waals surface area contributed by atoms with Gasteiger partial charge in [0.25, 0.3) is 5.91 Å². The van der Waals surface area contributed by atoms with Crippen LogP contribution in [-0.4, -0.2) is 35.2 Å². The molecule has 18 heavy (non-hydrogen) atoms. The van der Waals surface area contributed by atoms with Crippen LogP contribution in [0.5, 0.6) is 0 Å². The Morgan fingerprint density at radius 2 is 2.22 bits per heavy atom. The summed E-state index contributed by atoms with van der Waals surface area (Å²) in [5.74, 6) is -0.0156. The number of hydrogen-bond donors (Lipinski definition) is 3. The summed E-state index contributed by atoms with van der Waals surface area (Å²) >= 11 is 0. The van der Waals surface area contributed by atoms with Gasteiger partial charge in [-0.15, -0.1) is 12.4 Å². The average Bonchev–Trinajstić information content (AvgIpc) is 2.91. The summed E-state index contributed by atoms with van der Waals surface area (Å²) < 4.78 is 0. The van der Waals surface area contributed by atoms with E-state index in [2.05, 4.69) is 20.8 Å². The number of aryl methyl sites for hydroxylation is 1. The number of piperidine rings is 1. The van der Waals surface area contributed by atoms with E-state index in [4.69, 9.17) is 0 Å². The van der Waals surface area contributed by atoms with Crippen molar-refractivity contribution in [3.05, 3.63) is 17.0 Å². The minimum absolute atomic E-state index is 0. The van der Waals surface area contributed by atoms with E-state index in [-0.39, 0.29) is 24.4 Å². The standard InChI is InChI=1S/C12H18N4O.ClH/c17-12(14-8-3-2-6-13-7-8)11-9-4-1-5-10(9)15-16-11;/h8,13H,1-7H2,(H,14,17)(H,15,16);1H. The number of carbonyl (C=O) groups is 1. The molecule has 0 bridgehead atoms. The van der Waals surface area contributed by atoms with E-state index < -0.39 is 0 Å². The number of nitrogens with zero attached hydrogens (tertiary/aromatic N) is 1. The van der Waals surface area contributed by atoms with Crippen molar-refractivity contribution in [3.63, 3.8) is 0 Å². The molecule has 2 heterocycles. The third-order valence-corrected chi connectivity index (χ3v) is 3.65. The average molecular weight is 271 g/mol. The lowest BCUT2D eigenvalue weighted by Crippen LogP contribution is -2.45. The minimum Gasteiger partial charge on any atom is -0.347 e. The maximum Gasteiger partial charge on any atom is 0.272 e. The van der Waals surface area contributed by atoms with Crippen molar-refractivity contribution in [1.29, 1.82) is 0 Å². The number of H-pyrrole nitrogens is 1. The van der Waals surface area contributed by atoms with Gasteiger partial charge in [-0.25, -0.2) is 0 Å². The summed E-state index contributed by atoms with van der Waals surface area (Å²) in [4.78, 5) is 12.1. The van der Waals surface area contributed by atoms with Gasteiger partial charge >= 0.3 is 0 Å². The van der Waals surface area contributed by atoms with Crippen LogP contribution in [0.25, 0.3) is 0 Å². The van der Waals surface area contributed by atoms with E-state index in [0.29, 0.717) is 5.69 Å². The van der Waals surface area contributed by atoms with Crippen LogP contribution < -0.4 is 10.6 Å². The summed E-state index contributed by atoms with van der Waals surface area (Å²) in [6, 6.07) is 0.255. The van der Waals surface area contributed by atoms with Crippen LogP contribution in [0, 0.1) is 0 Å². The van der Waals surface area contributed by atoms with Crippen molar-refractivity contribution in [2.75, 3.05) is 13.1 Å². The van der Waals surface area contributed by atoms with E-state index in [9.17, 15) is 4.79 Å². The zero-order chi connectivity index (χ0) is 11.7. The van der Waals surface area contributed by atoms with Gasteiger partial charge in [0.2, 0.25) is 0 Å². The van der Waals surface area contributed by atoms with Crippen LogP contribution in [0.4, 0.5) is 0 Å². The molecule has 0 aromatic carbocycles. The first-order valence-electron chi connectivity index (χ1n) is 6.42. The number of carbonyl (C=O) groups excluding carboxylic acids is 1. The molecule has 100 valence electrons. The Hall–Kier alpha value is -1.07. The Morgan fingerprint density at radius 3 is 3.00 bits per heavy atom. The molecular weight excluding hydrogens is 252 g/mol. The van der Waals surface area contributed by atoms with Crippen LogP contribution in [0.2, 0.25) is 0 Å². The normalized spacial score (nSPS) is 22.1. The molecule has 1 saturated heterocycles. The summed E-state index contributed by atoms with van der Waals surface area (Å²) in [5, 5.41) is 13.5. The van der Waals surface area contributed by atoms with Crippen molar-refractivity contribution >= 4 is 18.3 Å². The monoisotopic (exact) mass is 270 g/mol. The minimum atomic E-state index is -0.0156. The fourth-order valence-electron chi connectivity index (χ4n) is 2.74. The molecule has 1 unspecified atom stereocenters. The van der Waals surface area contributed by atoms with Crippen molar-refractivity contribution in [3.8, 4) is 0 Å². The van der Waals surface area contributed by atoms with E-state index in [1.54, 1.807) is 0 Å². The molecule has 1 fully saturated rings. The fraction of sp³-hybridized carbons (Fsp3) is 0.667. The van der Waals surface area contributed by atoms with Crippen LogP contribution >= 0.6 is 12.4 Å². The molecule has 0 spiro atoms. The second kappa shape index (κ2) is 5.71. The lowest BCUT2D eigenvalue weighted by Gasteiger charge is -2.23. The molecule has 2 aliphatic rings. The second-order valence-electron chi connectivity index (χ2n) is 4.90. The molecular formula is C12H19ClN4O.